The zero-order chi connectivity index (χ0) is 17.4. The quantitative estimate of drug-likeness (QED) is 0.935. The molecule has 128 valence electrons. The highest BCUT2D eigenvalue weighted by molar-refractivity contribution is 5.89. The van der Waals surface area contributed by atoms with Crippen LogP contribution in [0.3, 0.4) is 0 Å². The lowest BCUT2D eigenvalue weighted by molar-refractivity contribution is -0.312. The lowest BCUT2D eigenvalue weighted by atomic mass is 9.87. The maximum Gasteiger partial charge on any atom is 0.223 e. The van der Waals surface area contributed by atoms with Gasteiger partial charge in [-0.05, 0) is 24.0 Å². The summed E-state index contributed by atoms with van der Waals surface area (Å²) in [5.41, 5.74) is 2.97. The van der Waals surface area contributed by atoms with E-state index in [1.54, 1.807) is 6.92 Å². The number of hydrogen-bond donors (Lipinski definition) is 1. The van der Waals surface area contributed by atoms with Gasteiger partial charge in [0.1, 0.15) is 0 Å². The second kappa shape index (κ2) is 6.30. The number of carboxylic acids is 1. The lowest BCUT2D eigenvalue weighted by Gasteiger charge is -2.43. The third-order valence-corrected chi connectivity index (χ3v) is 4.81. The summed E-state index contributed by atoms with van der Waals surface area (Å²) in [7, 11) is 0. The van der Waals surface area contributed by atoms with Crippen LogP contribution >= 0.6 is 0 Å². The van der Waals surface area contributed by atoms with Crippen molar-refractivity contribution in [2.75, 3.05) is 0 Å². The molecule has 5 heteroatoms. The van der Waals surface area contributed by atoms with Gasteiger partial charge in [0.15, 0.2) is 0 Å². The lowest BCUT2D eigenvalue weighted by Crippen LogP contribution is -2.55. The molecule has 2 heterocycles. The summed E-state index contributed by atoms with van der Waals surface area (Å²) in [6.07, 6.45) is 1.30. The highest BCUT2D eigenvalue weighted by Gasteiger charge is 2.39. The average Bonchev–Trinajstić information content (AvgIpc) is 2.92. The smallest absolute Gasteiger partial charge is 0.223 e. The SMILES string of the molecule is CCC(=O)N1[C@H](CC(C)C)c2[nH]c3ccccc3c2C[C@H]1C(=O)[O-]. The minimum Gasteiger partial charge on any atom is -0.548 e. The molecule has 1 aliphatic rings. The molecule has 0 spiro atoms. The number of carbonyl (C=O) groups is 2. The number of benzene rings is 1. The molecule has 0 aliphatic carbocycles. The van der Waals surface area contributed by atoms with Crippen LogP contribution in [-0.2, 0) is 16.0 Å². The van der Waals surface area contributed by atoms with Crippen LogP contribution < -0.4 is 5.11 Å². The van der Waals surface area contributed by atoms with Gasteiger partial charge >= 0.3 is 0 Å². The van der Waals surface area contributed by atoms with Gasteiger partial charge in [0.05, 0.1) is 18.1 Å². The third-order valence-electron chi connectivity index (χ3n) is 4.81. The molecule has 0 saturated carbocycles. The minimum atomic E-state index is -1.18. The van der Waals surface area contributed by atoms with E-state index < -0.39 is 12.0 Å². The van der Waals surface area contributed by atoms with E-state index in [9.17, 15) is 14.7 Å². The first-order chi connectivity index (χ1) is 11.4. The van der Waals surface area contributed by atoms with Crippen molar-refractivity contribution in [3.8, 4) is 0 Å². The van der Waals surface area contributed by atoms with Crippen molar-refractivity contribution in [3.05, 3.63) is 35.5 Å². The predicted octanol–water partition coefficient (Wildman–Crippen LogP) is 2.17. The van der Waals surface area contributed by atoms with Crippen molar-refractivity contribution in [2.45, 2.75) is 52.1 Å². The Balaban J connectivity index is 2.19. The Hall–Kier alpha value is -2.30. The van der Waals surface area contributed by atoms with Crippen molar-refractivity contribution in [1.82, 2.24) is 9.88 Å². The number of aromatic amines is 1. The molecule has 1 amide bonds. The van der Waals surface area contributed by atoms with E-state index in [1.807, 2.05) is 24.3 Å². The largest absolute Gasteiger partial charge is 0.548 e. The van der Waals surface area contributed by atoms with Gasteiger partial charge in [-0.2, -0.15) is 0 Å². The second-order valence-corrected chi connectivity index (χ2v) is 6.90. The third kappa shape index (κ3) is 2.68. The summed E-state index contributed by atoms with van der Waals surface area (Å²) in [5, 5.41) is 12.8. The molecule has 1 N–H and O–H groups in total. The molecule has 2 aromatic rings. The number of rotatable bonds is 4. The highest BCUT2D eigenvalue weighted by atomic mass is 16.4. The minimum absolute atomic E-state index is 0.140. The first-order valence-electron chi connectivity index (χ1n) is 8.55. The molecule has 24 heavy (non-hydrogen) atoms. The van der Waals surface area contributed by atoms with Gasteiger partial charge in [0.2, 0.25) is 5.91 Å². The number of amides is 1. The zero-order valence-electron chi connectivity index (χ0n) is 14.3. The Morgan fingerprint density at radius 2 is 2.04 bits per heavy atom. The topological polar surface area (TPSA) is 76.2 Å². The Labute approximate surface area is 141 Å². The number of nitrogens with one attached hydrogen (secondary N) is 1. The summed E-state index contributed by atoms with van der Waals surface area (Å²) in [5.74, 6) is -0.984. The number of aliphatic carboxylic acids is 1. The number of carboxylic acid groups (broad SMARTS) is 1. The van der Waals surface area contributed by atoms with Gasteiger partial charge in [0.25, 0.3) is 0 Å². The molecule has 1 aliphatic heterocycles. The summed E-state index contributed by atoms with van der Waals surface area (Å²) in [4.78, 5) is 29.3. The van der Waals surface area contributed by atoms with Crippen LogP contribution in [-0.4, -0.2) is 27.8 Å². The molecule has 1 aromatic heterocycles. The van der Waals surface area contributed by atoms with E-state index in [0.29, 0.717) is 12.3 Å². The number of hydrogen-bond acceptors (Lipinski definition) is 3. The van der Waals surface area contributed by atoms with E-state index in [0.717, 1.165) is 28.6 Å². The first-order valence-corrected chi connectivity index (χ1v) is 8.55. The van der Waals surface area contributed by atoms with E-state index in [4.69, 9.17) is 0 Å². The van der Waals surface area contributed by atoms with Gasteiger partial charge in [0, 0.05) is 29.4 Å². The molecule has 5 nitrogen and oxygen atoms in total. The van der Waals surface area contributed by atoms with Gasteiger partial charge in [-0.15, -0.1) is 0 Å². The number of carbonyl (C=O) groups excluding carboxylic acids is 2. The van der Waals surface area contributed by atoms with Crippen molar-refractivity contribution in [2.24, 2.45) is 5.92 Å². The molecule has 0 fully saturated rings. The van der Waals surface area contributed by atoms with Crippen LogP contribution in [0.2, 0.25) is 0 Å². The van der Waals surface area contributed by atoms with Crippen molar-refractivity contribution in [3.63, 3.8) is 0 Å². The first kappa shape index (κ1) is 16.6. The summed E-state index contributed by atoms with van der Waals surface area (Å²) < 4.78 is 0. The number of para-hydroxylation sites is 1. The van der Waals surface area contributed by atoms with Gasteiger partial charge < -0.3 is 19.8 Å². The molecule has 2 atom stereocenters. The number of fused-ring (bicyclic) bond motifs is 3. The van der Waals surface area contributed by atoms with E-state index in [1.165, 1.54) is 4.90 Å². The number of aromatic nitrogens is 1. The van der Waals surface area contributed by atoms with E-state index in [-0.39, 0.29) is 18.4 Å². The molecule has 1 aromatic carbocycles. The van der Waals surface area contributed by atoms with E-state index >= 15 is 0 Å². The Morgan fingerprint density at radius 1 is 1.33 bits per heavy atom. The van der Waals surface area contributed by atoms with Crippen LogP contribution in [0.4, 0.5) is 0 Å². The Kier molecular flexibility index (Phi) is 4.35. The van der Waals surface area contributed by atoms with Gasteiger partial charge in [-0.25, -0.2) is 0 Å². The fourth-order valence-electron chi connectivity index (χ4n) is 3.78. The van der Waals surface area contributed by atoms with Crippen molar-refractivity contribution < 1.29 is 14.7 Å². The van der Waals surface area contributed by atoms with Gasteiger partial charge in [-0.3, -0.25) is 4.79 Å². The Bertz CT molecular complexity index is 778. The molecular formula is C19H23N2O3-. The number of H-pyrrole nitrogens is 1. The fourth-order valence-corrected chi connectivity index (χ4v) is 3.78. The molecule has 0 radical (unpaired) electrons. The summed E-state index contributed by atoms with van der Waals surface area (Å²) in [6.45, 7) is 5.93. The predicted molar refractivity (Wildman–Crippen MR) is 90.1 cm³/mol. The fraction of sp³-hybridized carbons (Fsp3) is 0.474. The maximum absolute atomic E-state index is 12.5. The molecule has 0 saturated heterocycles. The molecule has 0 bridgehead atoms. The monoisotopic (exact) mass is 327 g/mol. The average molecular weight is 327 g/mol. The molecular weight excluding hydrogens is 304 g/mol. The van der Waals surface area contributed by atoms with Gasteiger partial charge in [-0.1, -0.05) is 39.0 Å². The summed E-state index contributed by atoms with van der Waals surface area (Å²) >= 11 is 0. The van der Waals surface area contributed by atoms with Crippen LogP contribution in [0.25, 0.3) is 10.9 Å². The maximum atomic E-state index is 12.5. The summed E-state index contributed by atoms with van der Waals surface area (Å²) in [6, 6.07) is 6.73. The zero-order valence-corrected chi connectivity index (χ0v) is 14.3. The van der Waals surface area contributed by atoms with Crippen molar-refractivity contribution in [1.29, 1.82) is 0 Å². The molecule has 3 rings (SSSR count). The van der Waals surface area contributed by atoms with Crippen molar-refractivity contribution >= 4 is 22.8 Å². The normalized spacial score (nSPS) is 20.4. The van der Waals surface area contributed by atoms with E-state index in [2.05, 4.69) is 18.8 Å². The molecule has 0 unspecified atom stereocenters. The van der Waals surface area contributed by atoms with Crippen LogP contribution in [0, 0.1) is 5.92 Å². The van der Waals surface area contributed by atoms with Crippen LogP contribution in [0.5, 0.6) is 0 Å². The van der Waals surface area contributed by atoms with Crippen LogP contribution in [0.1, 0.15) is 50.9 Å². The highest BCUT2D eigenvalue weighted by Crippen LogP contribution is 2.40. The second-order valence-electron chi connectivity index (χ2n) is 6.90. The standard InChI is InChI=1S/C19H24N2O3/c1-4-17(22)21-15(9-11(2)3)18-13(10-16(21)19(23)24)12-7-5-6-8-14(12)20-18/h5-8,11,15-16,20H,4,9-10H2,1-3H3,(H,23,24)/p-1/t15-,16+/m1/s1. The van der Waals surface area contributed by atoms with Crippen LogP contribution in [0.15, 0.2) is 24.3 Å². The number of nitrogens with zero attached hydrogens (tertiary/aromatic N) is 1. The Morgan fingerprint density at radius 3 is 2.67 bits per heavy atom.